The lowest BCUT2D eigenvalue weighted by Gasteiger charge is -2.29. The van der Waals surface area contributed by atoms with Crippen molar-refractivity contribution in [3.8, 4) is 0 Å². The van der Waals surface area contributed by atoms with Gasteiger partial charge in [-0.2, -0.15) is 0 Å². The number of carbonyl (C=O) groups is 3. The van der Waals surface area contributed by atoms with Gasteiger partial charge in [-0.3, -0.25) is 19.7 Å². The Morgan fingerprint density at radius 3 is 2.65 bits per heavy atom. The number of carbonyl (C=O) groups excluding carboxylic acids is 3. The molecule has 3 unspecified atom stereocenters. The quantitative estimate of drug-likeness (QED) is 0.643. The van der Waals surface area contributed by atoms with Crippen LogP contribution in [0.3, 0.4) is 0 Å². The largest absolute Gasteiger partial charge is 0.322 e. The molecule has 2 saturated heterocycles. The van der Waals surface area contributed by atoms with Crippen molar-refractivity contribution in [1.29, 1.82) is 0 Å². The number of fused-ring (bicyclic) bond motifs is 1. The summed E-state index contributed by atoms with van der Waals surface area (Å²) in [5.74, 6) is -0.765. The van der Waals surface area contributed by atoms with Crippen molar-refractivity contribution < 1.29 is 14.4 Å². The van der Waals surface area contributed by atoms with E-state index in [0.717, 1.165) is 24.1 Å². The van der Waals surface area contributed by atoms with Crippen molar-refractivity contribution in [2.45, 2.75) is 50.5 Å². The Morgan fingerprint density at radius 1 is 1.00 bits per heavy atom. The third-order valence-corrected chi connectivity index (χ3v) is 6.57. The fourth-order valence-electron chi connectivity index (χ4n) is 5.01. The van der Waals surface area contributed by atoms with Crippen LogP contribution in [0.4, 0.5) is 0 Å². The first kappa shape index (κ1) is 19.9. The number of rotatable bonds is 5. The highest BCUT2D eigenvalue weighted by molar-refractivity contribution is 6.05. The van der Waals surface area contributed by atoms with Crippen LogP contribution in [0.5, 0.6) is 0 Å². The number of piperidine rings is 1. The molecule has 0 spiro atoms. The number of nitrogens with zero attached hydrogens (tertiary/aromatic N) is 1. The van der Waals surface area contributed by atoms with Crippen LogP contribution in [-0.2, 0) is 22.7 Å². The highest BCUT2D eigenvalue weighted by Gasteiger charge is 2.40. The summed E-state index contributed by atoms with van der Waals surface area (Å²) in [5, 5.41) is 9.58. The lowest BCUT2D eigenvalue weighted by atomic mass is 9.99. The first-order chi connectivity index (χ1) is 15.1. The van der Waals surface area contributed by atoms with E-state index in [1.54, 1.807) is 4.90 Å². The zero-order valence-corrected chi connectivity index (χ0v) is 17.3. The van der Waals surface area contributed by atoms with Gasteiger partial charge in [0, 0.05) is 37.2 Å². The maximum Gasteiger partial charge on any atom is 0.255 e. The fourth-order valence-corrected chi connectivity index (χ4v) is 5.01. The van der Waals surface area contributed by atoms with Crippen molar-refractivity contribution >= 4 is 17.7 Å². The molecule has 31 heavy (non-hydrogen) atoms. The molecule has 3 aliphatic heterocycles. The average Bonchev–Trinajstić information content (AvgIpc) is 3.38. The van der Waals surface area contributed by atoms with Gasteiger partial charge in [-0.15, -0.1) is 0 Å². The fraction of sp³-hybridized carbons (Fsp3) is 0.375. The molecule has 0 aromatic heterocycles. The highest BCUT2D eigenvalue weighted by atomic mass is 16.2. The van der Waals surface area contributed by atoms with Gasteiger partial charge in [0.2, 0.25) is 11.8 Å². The van der Waals surface area contributed by atoms with Crippen molar-refractivity contribution in [3.05, 3.63) is 70.8 Å². The minimum absolute atomic E-state index is 0.119. The molecule has 7 heteroatoms. The van der Waals surface area contributed by atoms with Gasteiger partial charge in [-0.1, -0.05) is 48.5 Å². The van der Waals surface area contributed by atoms with Crippen LogP contribution in [-0.4, -0.2) is 41.2 Å². The second-order valence-corrected chi connectivity index (χ2v) is 8.47. The van der Waals surface area contributed by atoms with E-state index in [0.29, 0.717) is 25.1 Å². The van der Waals surface area contributed by atoms with Crippen molar-refractivity contribution in [3.63, 3.8) is 0 Å². The van der Waals surface area contributed by atoms with Gasteiger partial charge in [0.15, 0.2) is 0 Å². The zero-order valence-electron chi connectivity index (χ0n) is 17.3. The predicted octanol–water partition coefficient (Wildman–Crippen LogP) is 1.64. The van der Waals surface area contributed by atoms with Crippen molar-refractivity contribution in [2.24, 2.45) is 0 Å². The van der Waals surface area contributed by atoms with Crippen LogP contribution < -0.4 is 16.0 Å². The number of benzene rings is 2. The Balaban J connectivity index is 1.31. The smallest absolute Gasteiger partial charge is 0.255 e. The highest BCUT2D eigenvalue weighted by Crippen LogP contribution is 2.30. The SMILES string of the molecule is O=C1CCC(N2Cc3cccc(CNC4CCNC4c4ccccc4)c3C2=O)C(=O)N1. The molecule has 0 bridgehead atoms. The second kappa shape index (κ2) is 8.24. The molecular weight excluding hydrogens is 392 g/mol. The molecule has 2 aromatic carbocycles. The number of nitrogens with one attached hydrogen (secondary N) is 3. The molecule has 0 saturated carbocycles. The third-order valence-electron chi connectivity index (χ3n) is 6.57. The molecule has 2 aromatic rings. The lowest BCUT2D eigenvalue weighted by Crippen LogP contribution is -2.52. The maximum absolute atomic E-state index is 13.2. The molecule has 3 heterocycles. The van der Waals surface area contributed by atoms with Gasteiger partial charge in [0.05, 0.1) is 0 Å². The Labute approximate surface area is 181 Å². The first-order valence-corrected chi connectivity index (χ1v) is 10.9. The van der Waals surface area contributed by atoms with Crippen LogP contribution in [0.25, 0.3) is 0 Å². The number of amides is 3. The van der Waals surface area contributed by atoms with Gasteiger partial charge in [0.25, 0.3) is 5.91 Å². The number of imide groups is 1. The van der Waals surface area contributed by atoms with Crippen LogP contribution in [0.1, 0.15) is 52.4 Å². The van der Waals surface area contributed by atoms with Gasteiger partial charge >= 0.3 is 0 Å². The van der Waals surface area contributed by atoms with E-state index >= 15 is 0 Å². The van der Waals surface area contributed by atoms with E-state index in [1.165, 1.54) is 5.56 Å². The standard InChI is InChI=1S/C24H26N4O3/c29-20-10-9-19(23(30)27-20)28-14-17-8-4-7-16(21(17)24(28)31)13-26-18-11-12-25-22(18)15-5-2-1-3-6-15/h1-8,18-19,22,25-26H,9-14H2,(H,27,29,30). The van der Waals surface area contributed by atoms with Crippen molar-refractivity contribution in [1.82, 2.24) is 20.9 Å². The average molecular weight is 418 g/mol. The predicted molar refractivity (Wildman–Crippen MR) is 115 cm³/mol. The molecule has 3 atom stereocenters. The minimum Gasteiger partial charge on any atom is -0.322 e. The Hall–Kier alpha value is -3.03. The van der Waals surface area contributed by atoms with E-state index in [1.807, 2.05) is 24.3 Å². The van der Waals surface area contributed by atoms with E-state index in [9.17, 15) is 14.4 Å². The molecule has 0 aliphatic carbocycles. The van der Waals surface area contributed by atoms with Crippen LogP contribution in [0.2, 0.25) is 0 Å². The molecule has 7 nitrogen and oxygen atoms in total. The van der Waals surface area contributed by atoms with Crippen LogP contribution in [0, 0.1) is 0 Å². The van der Waals surface area contributed by atoms with Crippen molar-refractivity contribution in [2.75, 3.05) is 6.54 Å². The lowest BCUT2D eigenvalue weighted by molar-refractivity contribution is -0.136. The summed E-state index contributed by atoms with van der Waals surface area (Å²) in [4.78, 5) is 38.6. The Bertz CT molecular complexity index is 1020. The summed E-state index contributed by atoms with van der Waals surface area (Å²) >= 11 is 0. The molecule has 3 aliphatic rings. The van der Waals surface area contributed by atoms with E-state index in [4.69, 9.17) is 0 Å². The molecule has 2 fully saturated rings. The third kappa shape index (κ3) is 3.75. The normalized spacial score (nSPS) is 25.6. The molecule has 5 rings (SSSR count). The summed E-state index contributed by atoms with van der Waals surface area (Å²) in [5.41, 5.74) is 3.85. The molecule has 160 valence electrons. The molecule has 3 N–H and O–H groups in total. The summed E-state index contributed by atoms with van der Waals surface area (Å²) in [6.07, 6.45) is 1.66. The van der Waals surface area contributed by atoms with E-state index in [-0.39, 0.29) is 36.2 Å². The van der Waals surface area contributed by atoms with Gasteiger partial charge in [-0.05, 0) is 36.1 Å². The number of hydrogen-bond donors (Lipinski definition) is 3. The summed E-state index contributed by atoms with van der Waals surface area (Å²) < 4.78 is 0. The summed E-state index contributed by atoms with van der Waals surface area (Å²) in [6.45, 7) is 1.95. The summed E-state index contributed by atoms with van der Waals surface area (Å²) in [6, 6.07) is 16.3. The monoisotopic (exact) mass is 418 g/mol. The maximum atomic E-state index is 13.2. The summed E-state index contributed by atoms with van der Waals surface area (Å²) in [7, 11) is 0. The minimum atomic E-state index is -0.583. The number of hydrogen-bond acceptors (Lipinski definition) is 5. The van der Waals surface area contributed by atoms with E-state index < -0.39 is 6.04 Å². The second-order valence-electron chi connectivity index (χ2n) is 8.47. The first-order valence-electron chi connectivity index (χ1n) is 10.9. The molecular formula is C24H26N4O3. The van der Waals surface area contributed by atoms with Crippen LogP contribution >= 0.6 is 0 Å². The van der Waals surface area contributed by atoms with Gasteiger partial charge in [0.1, 0.15) is 6.04 Å². The topological polar surface area (TPSA) is 90.5 Å². The zero-order chi connectivity index (χ0) is 21.4. The molecule has 0 radical (unpaired) electrons. The van der Waals surface area contributed by atoms with Gasteiger partial charge in [-0.25, -0.2) is 0 Å². The Kier molecular flexibility index (Phi) is 5.29. The van der Waals surface area contributed by atoms with E-state index in [2.05, 4.69) is 40.2 Å². The van der Waals surface area contributed by atoms with Gasteiger partial charge < -0.3 is 15.5 Å². The Morgan fingerprint density at radius 2 is 1.84 bits per heavy atom. The van der Waals surface area contributed by atoms with Crippen LogP contribution in [0.15, 0.2) is 48.5 Å². The molecule has 3 amide bonds.